The Kier molecular flexibility index (Phi) is 13.7. The number of benzene rings is 1. The summed E-state index contributed by atoms with van der Waals surface area (Å²) in [5.74, 6) is 0.586. The van der Waals surface area contributed by atoms with Crippen LogP contribution < -0.4 is 0 Å². The summed E-state index contributed by atoms with van der Waals surface area (Å²) in [6, 6.07) is 6.17. The highest BCUT2D eigenvalue weighted by Gasteiger charge is 2.10. The molecule has 0 atom stereocenters. The summed E-state index contributed by atoms with van der Waals surface area (Å²) in [4.78, 5) is 12.4. The summed E-state index contributed by atoms with van der Waals surface area (Å²) in [6.07, 6.45) is 11.8. The van der Waals surface area contributed by atoms with Gasteiger partial charge in [0.2, 0.25) is 0 Å². The molecular weight excluding hydrogens is 348 g/mol. The lowest BCUT2D eigenvalue weighted by Crippen LogP contribution is -2.12. The van der Waals surface area contributed by atoms with Gasteiger partial charge in [0.25, 0.3) is 0 Å². The molecule has 3 heteroatoms. The highest BCUT2D eigenvalue weighted by atomic mass is 16.6. The van der Waals surface area contributed by atoms with E-state index < -0.39 is 0 Å². The molecule has 1 aromatic rings. The standard InChI is InChI=1S/C25H42O3/c1-5-12-22-18-23(13-6-2)20-24(19-22)25(26)28-17-16-27-15-11-9-7-8-10-14-21(3)4/h18-21H,5-17H2,1-4H3. The van der Waals surface area contributed by atoms with Gasteiger partial charge in [-0.25, -0.2) is 4.79 Å². The van der Waals surface area contributed by atoms with Gasteiger partial charge < -0.3 is 9.47 Å². The van der Waals surface area contributed by atoms with E-state index in [0.29, 0.717) is 18.8 Å². The summed E-state index contributed by atoms with van der Waals surface area (Å²) < 4.78 is 11.0. The van der Waals surface area contributed by atoms with Crippen molar-refractivity contribution in [3.05, 3.63) is 34.9 Å². The van der Waals surface area contributed by atoms with Crippen molar-refractivity contribution in [3.63, 3.8) is 0 Å². The van der Waals surface area contributed by atoms with Gasteiger partial charge in [0.1, 0.15) is 6.61 Å². The predicted octanol–water partition coefficient (Wildman–Crippen LogP) is 6.76. The van der Waals surface area contributed by atoms with Gasteiger partial charge in [-0.05, 0) is 48.4 Å². The van der Waals surface area contributed by atoms with Crippen LogP contribution in [0.2, 0.25) is 0 Å². The minimum Gasteiger partial charge on any atom is -0.460 e. The number of carbonyl (C=O) groups excluding carboxylic acids is 1. The quantitative estimate of drug-likeness (QED) is 0.231. The van der Waals surface area contributed by atoms with Crippen LogP contribution in [0, 0.1) is 5.92 Å². The Morgan fingerprint density at radius 2 is 1.43 bits per heavy atom. The van der Waals surface area contributed by atoms with Crippen LogP contribution >= 0.6 is 0 Å². The molecule has 0 heterocycles. The van der Waals surface area contributed by atoms with Crippen LogP contribution in [0.4, 0.5) is 0 Å². The molecule has 0 N–H and O–H groups in total. The topological polar surface area (TPSA) is 35.5 Å². The lowest BCUT2D eigenvalue weighted by Gasteiger charge is -2.10. The van der Waals surface area contributed by atoms with Crippen LogP contribution in [0.1, 0.15) is 101 Å². The number of unbranched alkanes of at least 4 members (excludes halogenated alkanes) is 4. The van der Waals surface area contributed by atoms with Crippen LogP contribution in [0.15, 0.2) is 18.2 Å². The Morgan fingerprint density at radius 3 is 2.04 bits per heavy atom. The summed E-state index contributed by atoms with van der Waals surface area (Å²) in [5, 5.41) is 0. The fourth-order valence-corrected chi connectivity index (χ4v) is 3.41. The first-order chi connectivity index (χ1) is 13.6. The number of rotatable bonds is 16. The smallest absolute Gasteiger partial charge is 0.338 e. The molecule has 0 aromatic heterocycles. The average Bonchev–Trinajstić information content (AvgIpc) is 2.66. The number of ether oxygens (including phenoxy) is 2. The van der Waals surface area contributed by atoms with Crippen LogP contribution in [-0.2, 0) is 22.3 Å². The van der Waals surface area contributed by atoms with E-state index in [-0.39, 0.29) is 5.97 Å². The van der Waals surface area contributed by atoms with Crippen molar-refractivity contribution < 1.29 is 14.3 Å². The average molecular weight is 391 g/mol. The van der Waals surface area contributed by atoms with Gasteiger partial charge in [0.15, 0.2) is 0 Å². The van der Waals surface area contributed by atoms with Gasteiger partial charge in [-0.3, -0.25) is 0 Å². The van der Waals surface area contributed by atoms with E-state index in [0.717, 1.165) is 44.6 Å². The number of aryl methyl sites for hydroxylation is 2. The van der Waals surface area contributed by atoms with Crippen molar-refractivity contribution in [2.75, 3.05) is 19.8 Å². The van der Waals surface area contributed by atoms with Crippen LogP contribution in [-0.4, -0.2) is 25.8 Å². The van der Waals surface area contributed by atoms with Gasteiger partial charge >= 0.3 is 5.97 Å². The second kappa shape index (κ2) is 15.6. The third-order valence-electron chi connectivity index (χ3n) is 4.90. The van der Waals surface area contributed by atoms with Crippen molar-refractivity contribution in [1.82, 2.24) is 0 Å². The maximum Gasteiger partial charge on any atom is 0.338 e. The second-order valence-electron chi connectivity index (χ2n) is 8.24. The molecule has 0 bridgehead atoms. The first-order valence-electron chi connectivity index (χ1n) is 11.4. The Hall–Kier alpha value is -1.35. The summed E-state index contributed by atoms with van der Waals surface area (Å²) in [6.45, 7) is 10.5. The van der Waals surface area contributed by atoms with Gasteiger partial charge in [-0.2, -0.15) is 0 Å². The van der Waals surface area contributed by atoms with E-state index >= 15 is 0 Å². The predicted molar refractivity (Wildman–Crippen MR) is 118 cm³/mol. The Bertz CT molecular complexity index is 512. The molecule has 0 radical (unpaired) electrons. The van der Waals surface area contributed by atoms with Crippen LogP contribution in [0.3, 0.4) is 0 Å². The fraction of sp³-hybridized carbons (Fsp3) is 0.720. The zero-order valence-electron chi connectivity index (χ0n) is 18.7. The molecule has 28 heavy (non-hydrogen) atoms. The molecule has 160 valence electrons. The fourth-order valence-electron chi connectivity index (χ4n) is 3.41. The molecule has 0 unspecified atom stereocenters. The number of hydrogen-bond donors (Lipinski definition) is 0. The molecule has 0 saturated carbocycles. The molecule has 1 rings (SSSR count). The SMILES string of the molecule is CCCc1cc(CCC)cc(C(=O)OCCOCCCCCCCC(C)C)c1. The molecule has 0 aliphatic carbocycles. The molecule has 0 aliphatic rings. The molecule has 0 aliphatic heterocycles. The molecule has 3 nitrogen and oxygen atoms in total. The molecule has 0 spiro atoms. The molecular formula is C25H42O3. The van der Waals surface area contributed by atoms with E-state index in [1.54, 1.807) is 0 Å². The van der Waals surface area contributed by atoms with Gasteiger partial charge in [-0.1, -0.05) is 78.7 Å². The van der Waals surface area contributed by atoms with Crippen LogP contribution in [0.25, 0.3) is 0 Å². The number of hydrogen-bond acceptors (Lipinski definition) is 3. The molecule has 0 saturated heterocycles. The first kappa shape index (κ1) is 24.7. The summed E-state index contributed by atoms with van der Waals surface area (Å²) in [7, 11) is 0. The Balaban J connectivity index is 2.19. The third kappa shape index (κ3) is 11.5. The second-order valence-corrected chi connectivity index (χ2v) is 8.24. The Labute approximate surface area is 173 Å². The highest BCUT2D eigenvalue weighted by Crippen LogP contribution is 2.15. The van der Waals surface area contributed by atoms with Crippen LogP contribution in [0.5, 0.6) is 0 Å². The van der Waals surface area contributed by atoms with E-state index in [1.807, 2.05) is 12.1 Å². The van der Waals surface area contributed by atoms with E-state index in [1.165, 1.54) is 43.2 Å². The van der Waals surface area contributed by atoms with E-state index in [4.69, 9.17) is 9.47 Å². The van der Waals surface area contributed by atoms with Crippen molar-refractivity contribution in [2.45, 2.75) is 91.9 Å². The first-order valence-corrected chi connectivity index (χ1v) is 11.4. The van der Waals surface area contributed by atoms with Gasteiger partial charge in [0, 0.05) is 6.61 Å². The molecule has 0 amide bonds. The van der Waals surface area contributed by atoms with Crippen molar-refractivity contribution in [3.8, 4) is 0 Å². The van der Waals surface area contributed by atoms with Crippen molar-refractivity contribution >= 4 is 5.97 Å². The van der Waals surface area contributed by atoms with E-state index in [9.17, 15) is 4.79 Å². The monoisotopic (exact) mass is 390 g/mol. The molecule has 0 fully saturated rings. The van der Waals surface area contributed by atoms with Crippen molar-refractivity contribution in [2.24, 2.45) is 5.92 Å². The van der Waals surface area contributed by atoms with Gasteiger partial charge in [0.05, 0.1) is 12.2 Å². The maximum absolute atomic E-state index is 12.4. The zero-order chi connectivity index (χ0) is 20.6. The highest BCUT2D eigenvalue weighted by molar-refractivity contribution is 5.89. The summed E-state index contributed by atoms with van der Waals surface area (Å²) in [5.41, 5.74) is 3.13. The molecule has 1 aromatic carbocycles. The van der Waals surface area contributed by atoms with Crippen molar-refractivity contribution in [1.29, 1.82) is 0 Å². The van der Waals surface area contributed by atoms with E-state index in [2.05, 4.69) is 33.8 Å². The number of carbonyl (C=O) groups is 1. The lowest BCUT2D eigenvalue weighted by molar-refractivity contribution is 0.0312. The zero-order valence-corrected chi connectivity index (χ0v) is 18.7. The third-order valence-corrected chi connectivity index (χ3v) is 4.90. The maximum atomic E-state index is 12.4. The number of esters is 1. The van der Waals surface area contributed by atoms with Gasteiger partial charge in [-0.15, -0.1) is 0 Å². The normalized spacial score (nSPS) is 11.2. The Morgan fingerprint density at radius 1 is 0.821 bits per heavy atom. The largest absolute Gasteiger partial charge is 0.460 e. The minimum absolute atomic E-state index is 0.232. The summed E-state index contributed by atoms with van der Waals surface area (Å²) >= 11 is 0. The lowest BCUT2D eigenvalue weighted by atomic mass is 10.00. The minimum atomic E-state index is -0.232.